The van der Waals surface area contributed by atoms with Crippen LogP contribution in [-0.2, 0) is 0 Å². The Labute approximate surface area is 179 Å². The molecule has 0 saturated carbocycles. The SMILES string of the molecule is CCCC(N=C(C)c1ccc(-c2ccc(C(=O)CC)cc2)cc1C)c1cccnc1. The molecule has 1 heterocycles. The van der Waals surface area contributed by atoms with Gasteiger partial charge < -0.3 is 0 Å². The van der Waals surface area contributed by atoms with E-state index in [1.54, 1.807) is 6.20 Å². The molecule has 0 fully saturated rings. The van der Waals surface area contributed by atoms with Crippen molar-refractivity contribution in [3.05, 3.63) is 89.2 Å². The van der Waals surface area contributed by atoms with Crippen molar-refractivity contribution in [3.8, 4) is 11.1 Å². The third-order valence-corrected chi connectivity index (χ3v) is 5.46. The Morgan fingerprint density at radius 2 is 1.77 bits per heavy atom. The molecule has 154 valence electrons. The smallest absolute Gasteiger partial charge is 0.162 e. The van der Waals surface area contributed by atoms with Gasteiger partial charge in [-0.15, -0.1) is 0 Å². The highest BCUT2D eigenvalue weighted by molar-refractivity contribution is 6.00. The minimum absolute atomic E-state index is 0.131. The molecule has 0 amide bonds. The second-order valence-electron chi connectivity index (χ2n) is 7.69. The Balaban J connectivity index is 1.86. The number of carbonyl (C=O) groups is 1. The first-order valence-electron chi connectivity index (χ1n) is 10.7. The van der Waals surface area contributed by atoms with Crippen molar-refractivity contribution in [2.45, 2.75) is 53.0 Å². The molecule has 2 aromatic carbocycles. The summed E-state index contributed by atoms with van der Waals surface area (Å²) in [5.74, 6) is 0.176. The predicted octanol–water partition coefficient (Wildman–Crippen LogP) is 7.00. The van der Waals surface area contributed by atoms with Crippen molar-refractivity contribution in [3.63, 3.8) is 0 Å². The van der Waals surface area contributed by atoms with Gasteiger partial charge in [-0.05, 0) is 54.2 Å². The summed E-state index contributed by atoms with van der Waals surface area (Å²) >= 11 is 0. The first-order valence-corrected chi connectivity index (χ1v) is 10.7. The number of pyridine rings is 1. The molecule has 1 aromatic heterocycles. The summed E-state index contributed by atoms with van der Waals surface area (Å²) in [7, 11) is 0. The summed E-state index contributed by atoms with van der Waals surface area (Å²) in [5, 5.41) is 0. The minimum Gasteiger partial charge on any atom is -0.294 e. The number of nitrogens with zero attached hydrogens (tertiary/aromatic N) is 2. The molecular weight excluding hydrogens is 368 g/mol. The zero-order valence-corrected chi connectivity index (χ0v) is 18.4. The standard InChI is InChI=1S/C27H30N2O/c1-5-8-26(24-9-7-16-28-18-24)29-20(4)25-15-14-23(17-19(25)3)21-10-12-22(13-11-21)27(30)6-2/h7,9-18,26H,5-6,8H2,1-4H3. The Kier molecular flexibility index (Phi) is 7.29. The van der Waals surface area contributed by atoms with Crippen LogP contribution in [0.15, 0.2) is 72.0 Å². The fraction of sp³-hybridized carbons (Fsp3) is 0.296. The maximum atomic E-state index is 11.9. The van der Waals surface area contributed by atoms with Crippen molar-refractivity contribution in [2.75, 3.05) is 0 Å². The molecule has 3 aromatic rings. The van der Waals surface area contributed by atoms with Gasteiger partial charge in [0, 0.05) is 30.1 Å². The molecule has 3 heteroatoms. The average molecular weight is 399 g/mol. The maximum Gasteiger partial charge on any atom is 0.162 e. The fourth-order valence-corrected chi connectivity index (χ4v) is 3.76. The van der Waals surface area contributed by atoms with E-state index in [4.69, 9.17) is 4.99 Å². The fourth-order valence-electron chi connectivity index (χ4n) is 3.76. The Bertz CT molecular complexity index is 1020. The van der Waals surface area contributed by atoms with Crippen LogP contribution in [0.3, 0.4) is 0 Å². The molecule has 1 atom stereocenters. The zero-order valence-electron chi connectivity index (χ0n) is 18.4. The molecule has 0 aliphatic carbocycles. The van der Waals surface area contributed by atoms with Gasteiger partial charge in [0.25, 0.3) is 0 Å². The number of rotatable bonds is 8. The lowest BCUT2D eigenvalue weighted by atomic mass is 9.96. The average Bonchev–Trinajstić information content (AvgIpc) is 2.78. The van der Waals surface area contributed by atoms with Crippen LogP contribution in [0.4, 0.5) is 0 Å². The highest BCUT2D eigenvalue weighted by Gasteiger charge is 2.12. The molecule has 0 N–H and O–H groups in total. The lowest BCUT2D eigenvalue weighted by molar-refractivity contribution is 0.0988. The van der Waals surface area contributed by atoms with E-state index in [2.05, 4.69) is 50.0 Å². The number of Topliss-reactive ketones (excluding diaryl/α,β-unsaturated/α-hetero) is 1. The topological polar surface area (TPSA) is 42.3 Å². The van der Waals surface area contributed by atoms with Gasteiger partial charge in [0.05, 0.1) is 6.04 Å². The van der Waals surface area contributed by atoms with Gasteiger partial charge in [0.2, 0.25) is 0 Å². The van der Waals surface area contributed by atoms with Crippen molar-refractivity contribution in [1.82, 2.24) is 4.98 Å². The summed E-state index contributed by atoms with van der Waals surface area (Å²) in [6, 6.07) is 18.6. The van der Waals surface area contributed by atoms with Crippen molar-refractivity contribution in [1.29, 1.82) is 0 Å². The van der Waals surface area contributed by atoms with E-state index in [1.165, 1.54) is 11.1 Å². The van der Waals surface area contributed by atoms with Crippen molar-refractivity contribution >= 4 is 11.5 Å². The molecule has 0 spiro atoms. The molecule has 0 bridgehead atoms. The zero-order chi connectivity index (χ0) is 21.5. The first kappa shape index (κ1) is 21.6. The van der Waals surface area contributed by atoms with Crippen LogP contribution in [0.1, 0.15) is 73.1 Å². The van der Waals surface area contributed by atoms with Crippen LogP contribution in [-0.4, -0.2) is 16.5 Å². The number of aliphatic imine (C=N–C) groups is 1. The second kappa shape index (κ2) is 10.1. The summed E-state index contributed by atoms with van der Waals surface area (Å²) in [4.78, 5) is 21.2. The number of ketones is 1. The highest BCUT2D eigenvalue weighted by atomic mass is 16.1. The van der Waals surface area contributed by atoms with Gasteiger partial charge >= 0.3 is 0 Å². The normalized spacial score (nSPS) is 12.6. The predicted molar refractivity (Wildman–Crippen MR) is 125 cm³/mol. The van der Waals surface area contributed by atoms with Crippen molar-refractivity contribution < 1.29 is 4.79 Å². The van der Waals surface area contributed by atoms with E-state index >= 15 is 0 Å². The lowest BCUT2D eigenvalue weighted by Crippen LogP contribution is -2.04. The molecule has 0 aliphatic heterocycles. The van der Waals surface area contributed by atoms with E-state index in [0.29, 0.717) is 6.42 Å². The number of hydrogen-bond acceptors (Lipinski definition) is 3. The van der Waals surface area contributed by atoms with E-state index in [9.17, 15) is 4.79 Å². The molecular formula is C27H30N2O. The number of aryl methyl sites for hydroxylation is 1. The Morgan fingerprint density at radius 1 is 1.03 bits per heavy atom. The quantitative estimate of drug-likeness (QED) is 0.303. The Hall–Kier alpha value is -3.07. The highest BCUT2D eigenvalue weighted by Crippen LogP contribution is 2.26. The summed E-state index contributed by atoms with van der Waals surface area (Å²) < 4.78 is 0. The molecule has 3 rings (SSSR count). The van der Waals surface area contributed by atoms with Gasteiger partial charge in [0.1, 0.15) is 0 Å². The van der Waals surface area contributed by atoms with E-state index < -0.39 is 0 Å². The van der Waals surface area contributed by atoms with Gasteiger partial charge in [-0.25, -0.2) is 0 Å². The molecule has 1 unspecified atom stereocenters. The maximum absolute atomic E-state index is 11.9. The summed E-state index contributed by atoms with van der Waals surface area (Å²) in [6.07, 6.45) is 6.33. The monoisotopic (exact) mass is 398 g/mol. The molecule has 30 heavy (non-hydrogen) atoms. The van der Waals surface area contributed by atoms with Crippen molar-refractivity contribution in [2.24, 2.45) is 4.99 Å². The number of aromatic nitrogens is 1. The minimum atomic E-state index is 0.131. The number of hydrogen-bond donors (Lipinski definition) is 0. The van der Waals surface area contributed by atoms with Gasteiger partial charge in [-0.2, -0.15) is 0 Å². The summed E-state index contributed by atoms with van der Waals surface area (Å²) in [6.45, 7) is 8.30. The number of carbonyl (C=O) groups excluding carboxylic acids is 1. The third kappa shape index (κ3) is 5.10. The van der Waals surface area contributed by atoms with E-state index in [-0.39, 0.29) is 11.8 Å². The lowest BCUT2D eigenvalue weighted by Gasteiger charge is -2.15. The second-order valence-corrected chi connectivity index (χ2v) is 7.69. The van der Waals surface area contributed by atoms with Gasteiger partial charge in [-0.1, -0.05) is 68.8 Å². The molecule has 0 aliphatic rings. The van der Waals surface area contributed by atoms with Gasteiger partial charge in [0.15, 0.2) is 5.78 Å². The van der Waals surface area contributed by atoms with Crippen LogP contribution >= 0.6 is 0 Å². The van der Waals surface area contributed by atoms with E-state index in [0.717, 1.165) is 40.8 Å². The van der Waals surface area contributed by atoms with Crippen LogP contribution < -0.4 is 0 Å². The third-order valence-electron chi connectivity index (χ3n) is 5.46. The Morgan fingerprint density at radius 3 is 2.37 bits per heavy atom. The molecule has 3 nitrogen and oxygen atoms in total. The summed E-state index contributed by atoms with van der Waals surface area (Å²) in [5.41, 5.74) is 7.61. The largest absolute Gasteiger partial charge is 0.294 e. The van der Waals surface area contributed by atoms with E-state index in [1.807, 2.05) is 43.5 Å². The number of benzene rings is 2. The molecule has 0 radical (unpaired) electrons. The van der Waals surface area contributed by atoms with Crippen LogP contribution in [0, 0.1) is 6.92 Å². The molecule has 0 saturated heterocycles. The van der Waals surface area contributed by atoms with Crippen LogP contribution in [0.2, 0.25) is 0 Å². The first-order chi connectivity index (χ1) is 14.5. The van der Waals surface area contributed by atoms with Crippen LogP contribution in [0.25, 0.3) is 11.1 Å². The van der Waals surface area contributed by atoms with Crippen LogP contribution in [0.5, 0.6) is 0 Å². The van der Waals surface area contributed by atoms with Gasteiger partial charge in [-0.3, -0.25) is 14.8 Å².